The van der Waals surface area contributed by atoms with E-state index in [1.807, 2.05) is 17.4 Å². The summed E-state index contributed by atoms with van der Waals surface area (Å²) in [5.41, 5.74) is 1.32. The molecule has 2 rings (SSSR count). The Morgan fingerprint density at radius 3 is 1.94 bits per heavy atom. The first-order valence-electron chi connectivity index (χ1n) is 4.75. The fourth-order valence-electron chi connectivity index (χ4n) is 1.19. The quantitative estimate of drug-likeness (QED) is 0.660. The third-order valence-electron chi connectivity index (χ3n) is 1.80. The van der Waals surface area contributed by atoms with Crippen LogP contribution in [0.15, 0.2) is 42.5 Å². The Balaban J connectivity index is 0.000000280. The Morgan fingerprint density at radius 1 is 0.938 bits per heavy atom. The van der Waals surface area contributed by atoms with Crippen LogP contribution < -0.4 is 0 Å². The van der Waals surface area contributed by atoms with Crippen molar-refractivity contribution in [2.75, 3.05) is 0 Å². The van der Waals surface area contributed by atoms with Crippen LogP contribution in [0.4, 0.5) is 0 Å². The average Bonchev–Trinajstić information content (AvgIpc) is 2.65. The molecule has 0 unspecified atom stereocenters. The Kier molecular flexibility index (Phi) is 5.21. The van der Waals surface area contributed by atoms with Gasteiger partial charge >= 0.3 is 7.32 Å². The molecule has 0 spiro atoms. The highest BCUT2D eigenvalue weighted by Crippen LogP contribution is 2.26. The third kappa shape index (κ3) is 4.59. The summed E-state index contributed by atoms with van der Waals surface area (Å²) in [7, 11) is -2.17. The first kappa shape index (κ1) is 12.9. The molecule has 0 radical (unpaired) electrons. The van der Waals surface area contributed by atoms with E-state index >= 15 is 0 Å². The lowest BCUT2D eigenvalue weighted by Gasteiger charge is -1.93. The van der Waals surface area contributed by atoms with E-state index in [1.165, 1.54) is 15.3 Å². The average molecular weight is 236 g/mol. The molecule has 1 aromatic heterocycles. The zero-order chi connectivity index (χ0) is 12.0. The predicted octanol–water partition coefficient (Wildman–Crippen LogP) is 1.67. The fourth-order valence-corrected chi connectivity index (χ4v) is 2.07. The minimum atomic E-state index is -2.17. The molecule has 84 valence electrons. The van der Waals surface area contributed by atoms with Gasteiger partial charge in [-0.25, -0.2) is 0 Å². The van der Waals surface area contributed by atoms with Crippen LogP contribution in [-0.2, 0) is 0 Å². The summed E-state index contributed by atoms with van der Waals surface area (Å²) in [6, 6.07) is 14.8. The first-order valence-corrected chi connectivity index (χ1v) is 5.57. The molecular formula is C11H13BO3S. The molecule has 1 heterocycles. The molecule has 0 fully saturated rings. The van der Waals surface area contributed by atoms with Gasteiger partial charge in [-0.2, -0.15) is 0 Å². The molecule has 16 heavy (non-hydrogen) atoms. The van der Waals surface area contributed by atoms with Crippen molar-refractivity contribution >= 4 is 18.7 Å². The topological polar surface area (TPSA) is 60.7 Å². The molecule has 2 aromatic rings. The molecule has 0 atom stereocenters. The Morgan fingerprint density at radius 2 is 1.50 bits per heavy atom. The highest BCUT2D eigenvalue weighted by molar-refractivity contribution is 7.15. The van der Waals surface area contributed by atoms with Gasteiger partial charge in [0.25, 0.3) is 0 Å². The molecule has 5 heteroatoms. The summed E-state index contributed by atoms with van der Waals surface area (Å²) in [4.78, 5) is 2.72. The van der Waals surface area contributed by atoms with Crippen LogP contribution in [0.1, 0.15) is 4.88 Å². The Labute approximate surface area is 98.8 Å². The Bertz CT molecular complexity index is 411. The molecule has 3 nitrogen and oxygen atoms in total. The number of thiophene rings is 1. The summed E-state index contributed by atoms with van der Waals surface area (Å²) >= 11 is 1.84. The molecule has 0 aliphatic rings. The van der Waals surface area contributed by atoms with Crippen LogP contribution in [-0.4, -0.2) is 22.4 Å². The number of aryl methyl sites for hydroxylation is 1. The largest absolute Gasteiger partial charge is 0.631 e. The van der Waals surface area contributed by atoms with E-state index in [-0.39, 0.29) is 0 Å². The smallest absolute Gasteiger partial charge is 0.402 e. The molecule has 1 aromatic carbocycles. The van der Waals surface area contributed by atoms with Crippen LogP contribution in [0.3, 0.4) is 0 Å². The Hall–Kier alpha value is -1.14. The van der Waals surface area contributed by atoms with Crippen LogP contribution in [0.25, 0.3) is 10.4 Å². The SMILES string of the molecule is Cc1ccc(-c2ccccc2)s1.OB(O)O. The molecule has 0 saturated carbocycles. The minimum absolute atomic E-state index is 1.32. The van der Waals surface area contributed by atoms with Crippen molar-refractivity contribution in [1.29, 1.82) is 0 Å². The lowest BCUT2D eigenvalue weighted by molar-refractivity contribution is 0.278. The maximum atomic E-state index is 7.17. The zero-order valence-electron chi connectivity index (χ0n) is 8.87. The summed E-state index contributed by atoms with van der Waals surface area (Å²) in [6.45, 7) is 2.14. The van der Waals surface area contributed by atoms with Gasteiger partial charge < -0.3 is 15.1 Å². The van der Waals surface area contributed by atoms with Crippen LogP contribution in [0.2, 0.25) is 0 Å². The van der Waals surface area contributed by atoms with Gasteiger partial charge in [0.2, 0.25) is 0 Å². The van der Waals surface area contributed by atoms with Gasteiger partial charge in [0.15, 0.2) is 0 Å². The van der Waals surface area contributed by atoms with Gasteiger partial charge in [-0.3, -0.25) is 0 Å². The molecule has 0 amide bonds. The summed E-state index contributed by atoms with van der Waals surface area (Å²) in [6.07, 6.45) is 0. The highest BCUT2D eigenvalue weighted by Gasteiger charge is 1.97. The van der Waals surface area contributed by atoms with E-state index in [0.29, 0.717) is 0 Å². The summed E-state index contributed by atoms with van der Waals surface area (Å²) in [5, 5.41) is 21.5. The van der Waals surface area contributed by atoms with Gasteiger partial charge in [-0.15, -0.1) is 11.3 Å². The van der Waals surface area contributed by atoms with Crippen LogP contribution >= 0.6 is 11.3 Å². The van der Waals surface area contributed by atoms with E-state index in [1.54, 1.807) is 0 Å². The van der Waals surface area contributed by atoms with Gasteiger partial charge in [0.05, 0.1) is 0 Å². The second kappa shape index (κ2) is 6.45. The molecule has 3 N–H and O–H groups in total. The van der Waals surface area contributed by atoms with Crippen molar-refractivity contribution in [2.45, 2.75) is 6.92 Å². The molecule has 0 aliphatic heterocycles. The predicted molar refractivity (Wildman–Crippen MR) is 66.9 cm³/mol. The van der Waals surface area contributed by atoms with Gasteiger partial charge in [-0.05, 0) is 24.6 Å². The van der Waals surface area contributed by atoms with Gasteiger partial charge in [0, 0.05) is 9.75 Å². The zero-order valence-corrected chi connectivity index (χ0v) is 9.69. The standard InChI is InChI=1S/C11H10S.BH3O3/c1-9-7-8-11(12-9)10-5-3-2-4-6-10;2-1(3)4/h2-8H,1H3;2-4H. The minimum Gasteiger partial charge on any atom is -0.402 e. The van der Waals surface area contributed by atoms with Crippen molar-refractivity contribution < 1.29 is 15.1 Å². The number of hydrogen-bond donors (Lipinski definition) is 3. The van der Waals surface area contributed by atoms with E-state index < -0.39 is 7.32 Å². The highest BCUT2D eigenvalue weighted by atomic mass is 32.1. The second-order valence-electron chi connectivity index (χ2n) is 3.12. The number of rotatable bonds is 1. The van der Waals surface area contributed by atoms with Crippen molar-refractivity contribution in [3.8, 4) is 10.4 Å². The molecule has 0 aliphatic carbocycles. The van der Waals surface area contributed by atoms with E-state index in [2.05, 4.69) is 43.3 Å². The maximum absolute atomic E-state index is 7.17. The van der Waals surface area contributed by atoms with Crippen molar-refractivity contribution in [1.82, 2.24) is 0 Å². The normalized spacial score (nSPS) is 9.25. The van der Waals surface area contributed by atoms with E-state index in [9.17, 15) is 0 Å². The molecular weight excluding hydrogens is 223 g/mol. The summed E-state index contributed by atoms with van der Waals surface area (Å²) < 4.78 is 0. The lowest BCUT2D eigenvalue weighted by atomic mass is 10.2. The number of hydrogen-bond acceptors (Lipinski definition) is 4. The van der Waals surface area contributed by atoms with Gasteiger partial charge in [0.1, 0.15) is 0 Å². The second-order valence-corrected chi connectivity index (χ2v) is 4.41. The van der Waals surface area contributed by atoms with E-state index in [4.69, 9.17) is 15.1 Å². The van der Waals surface area contributed by atoms with Crippen molar-refractivity contribution in [3.05, 3.63) is 47.3 Å². The van der Waals surface area contributed by atoms with Crippen LogP contribution in [0, 0.1) is 6.92 Å². The lowest BCUT2D eigenvalue weighted by Crippen LogP contribution is -2.07. The van der Waals surface area contributed by atoms with Crippen molar-refractivity contribution in [3.63, 3.8) is 0 Å². The summed E-state index contributed by atoms with van der Waals surface area (Å²) in [5.74, 6) is 0. The third-order valence-corrected chi connectivity index (χ3v) is 2.85. The van der Waals surface area contributed by atoms with Crippen LogP contribution in [0.5, 0.6) is 0 Å². The number of benzene rings is 1. The monoisotopic (exact) mass is 236 g/mol. The maximum Gasteiger partial charge on any atom is 0.631 e. The molecule has 0 bridgehead atoms. The van der Waals surface area contributed by atoms with Crippen molar-refractivity contribution in [2.24, 2.45) is 0 Å². The fraction of sp³-hybridized carbons (Fsp3) is 0.0909. The van der Waals surface area contributed by atoms with Gasteiger partial charge in [-0.1, -0.05) is 30.3 Å². The molecule has 0 saturated heterocycles. The first-order chi connectivity index (χ1) is 7.59. The van der Waals surface area contributed by atoms with E-state index in [0.717, 1.165) is 0 Å².